The molecule has 0 saturated carbocycles. The fourth-order valence-electron chi connectivity index (χ4n) is 1.39. The molecule has 0 bridgehead atoms. The Morgan fingerprint density at radius 3 is 2.75 bits per heavy atom. The summed E-state index contributed by atoms with van der Waals surface area (Å²) < 4.78 is 10.2. The summed E-state index contributed by atoms with van der Waals surface area (Å²) in [6.07, 6.45) is 0. The molecule has 4 nitrogen and oxygen atoms in total. The summed E-state index contributed by atoms with van der Waals surface area (Å²) in [5.41, 5.74) is 1.99. The fourth-order valence-corrected chi connectivity index (χ4v) is 1.39. The number of hydrogen-bond acceptors (Lipinski definition) is 4. The Morgan fingerprint density at radius 1 is 1.44 bits per heavy atom. The molecule has 0 unspecified atom stereocenters. The summed E-state index contributed by atoms with van der Waals surface area (Å²) >= 11 is 0. The summed E-state index contributed by atoms with van der Waals surface area (Å²) in [5.74, 6) is 0.585. The van der Waals surface area contributed by atoms with Crippen molar-refractivity contribution in [1.29, 1.82) is 0 Å². The molecule has 1 aromatic carbocycles. The zero-order valence-electron chi connectivity index (χ0n) is 9.87. The fraction of sp³-hybridized carbons (Fsp3) is 0.417. The van der Waals surface area contributed by atoms with Gasteiger partial charge in [0.1, 0.15) is 12.4 Å². The highest BCUT2D eigenvalue weighted by Gasteiger charge is 2.03. The lowest BCUT2D eigenvalue weighted by Crippen LogP contribution is -2.20. The Labute approximate surface area is 95.6 Å². The summed E-state index contributed by atoms with van der Waals surface area (Å²) in [7, 11) is 3.34. The number of hydrogen-bond donors (Lipinski definition) is 1. The van der Waals surface area contributed by atoms with Gasteiger partial charge in [-0.1, -0.05) is 6.07 Å². The minimum Gasteiger partial charge on any atom is -0.496 e. The van der Waals surface area contributed by atoms with Gasteiger partial charge < -0.3 is 14.8 Å². The smallest absolute Gasteiger partial charge is 0.320 e. The molecule has 0 heterocycles. The van der Waals surface area contributed by atoms with E-state index in [1.165, 1.54) is 0 Å². The number of aryl methyl sites for hydroxylation is 1. The van der Waals surface area contributed by atoms with E-state index in [1.54, 1.807) is 14.2 Å². The monoisotopic (exact) mass is 223 g/mol. The van der Waals surface area contributed by atoms with Gasteiger partial charge >= 0.3 is 5.97 Å². The van der Waals surface area contributed by atoms with E-state index in [-0.39, 0.29) is 12.5 Å². The highest BCUT2D eigenvalue weighted by Crippen LogP contribution is 2.18. The first kappa shape index (κ1) is 12.5. The molecule has 0 radical (unpaired) electrons. The molecule has 0 saturated heterocycles. The summed E-state index contributed by atoms with van der Waals surface area (Å²) in [5, 5.41) is 2.74. The van der Waals surface area contributed by atoms with E-state index in [4.69, 9.17) is 9.47 Å². The van der Waals surface area contributed by atoms with E-state index in [0.29, 0.717) is 6.61 Å². The second-order valence-corrected chi connectivity index (χ2v) is 3.49. The van der Waals surface area contributed by atoms with Gasteiger partial charge in [-0.15, -0.1) is 0 Å². The predicted molar refractivity (Wildman–Crippen MR) is 61.5 cm³/mol. The van der Waals surface area contributed by atoms with Crippen molar-refractivity contribution in [3.05, 3.63) is 29.3 Å². The molecule has 0 aliphatic heterocycles. The molecule has 1 N–H and O–H groups in total. The number of rotatable bonds is 5. The lowest BCUT2D eigenvalue weighted by molar-refractivity contribution is -0.143. The number of esters is 1. The van der Waals surface area contributed by atoms with E-state index in [0.717, 1.165) is 16.9 Å². The molecule has 0 spiro atoms. The van der Waals surface area contributed by atoms with Gasteiger partial charge in [0, 0.05) is 0 Å². The lowest BCUT2D eigenvalue weighted by Gasteiger charge is -2.08. The van der Waals surface area contributed by atoms with E-state index in [9.17, 15) is 4.79 Å². The second kappa shape index (κ2) is 6.12. The van der Waals surface area contributed by atoms with Crippen LogP contribution in [0.1, 0.15) is 11.1 Å². The largest absolute Gasteiger partial charge is 0.496 e. The van der Waals surface area contributed by atoms with Crippen molar-refractivity contribution in [2.75, 3.05) is 20.7 Å². The van der Waals surface area contributed by atoms with Crippen molar-refractivity contribution in [1.82, 2.24) is 5.32 Å². The molecule has 0 aliphatic rings. The molecule has 88 valence electrons. The van der Waals surface area contributed by atoms with Crippen LogP contribution in [0.5, 0.6) is 5.75 Å². The molecular formula is C12H17NO3. The molecule has 4 heteroatoms. The normalized spacial score (nSPS) is 9.94. The van der Waals surface area contributed by atoms with E-state index < -0.39 is 0 Å². The maximum Gasteiger partial charge on any atom is 0.320 e. The maximum absolute atomic E-state index is 11.1. The van der Waals surface area contributed by atoms with E-state index in [1.807, 2.05) is 25.1 Å². The third kappa shape index (κ3) is 3.55. The number of nitrogens with one attached hydrogen (secondary N) is 1. The molecule has 0 aliphatic carbocycles. The first-order chi connectivity index (χ1) is 7.67. The van der Waals surface area contributed by atoms with Crippen molar-refractivity contribution in [2.24, 2.45) is 0 Å². The van der Waals surface area contributed by atoms with Crippen molar-refractivity contribution < 1.29 is 14.3 Å². The summed E-state index contributed by atoms with van der Waals surface area (Å²) in [6, 6.07) is 5.71. The summed E-state index contributed by atoms with van der Waals surface area (Å²) in [4.78, 5) is 11.1. The van der Waals surface area contributed by atoms with Crippen LogP contribution >= 0.6 is 0 Å². The first-order valence-electron chi connectivity index (χ1n) is 5.11. The number of benzene rings is 1. The van der Waals surface area contributed by atoms with Crippen LogP contribution in [0.4, 0.5) is 0 Å². The predicted octanol–water partition coefficient (Wildman–Crippen LogP) is 1.27. The van der Waals surface area contributed by atoms with Crippen LogP contribution in [0.2, 0.25) is 0 Å². The number of methoxy groups -OCH3 is 1. The third-order valence-electron chi connectivity index (χ3n) is 2.18. The SMILES string of the molecule is CNCC(=O)OCc1ccc(OC)c(C)c1. The molecule has 16 heavy (non-hydrogen) atoms. The third-order valence-corrected chi connectivity index (χ3v) is 2.18. The van der Waals surface area contributed by atoms with Crippen molar-refractivity contribution in [3.63, 3.8) is 0 Å². The van der Waals surface area contributed by atoms with Crippen molar-refractivity contribution in [2.45, 2.75) is 13.5 Å². The second-order valence-electron chi connectivity index (χ2n) is 3.49. The Morgan fingerprint density at radius 2 is 2.19 bits per heavy atom. The number of likely N-dealkylation sites (N-methyl/N-ethyl adjacent to an activating group) is 1. The van der Waals surface area contributed by atoms with Gasteiger partial charge in [-0.05, 0) is 37.2 Å². The van der Waals surface area contributed by atoms with Gasteiger partial charge in [-0.3, -0.25) is 4.79 Å². The van der Waals surface area contributed by atoms with Crippen LogP contribution in [-0.2, 0) is 16.1 Å². The molecule has 1 rings (SSSR count). The summed E-state index contributed by atoms with van der Waals surface area (Å²) in [6.45, 7) is 2.48. The van der Waals surface area contributed by atoms with E-state index >= 15 is 0 Å². The Kier molecular flexibility index (Phi) is 4.79. The highest BCUT2D eigenvalue weighted by molar-refractivity contribution is 5.71. The quantitative estimate of drug-likeness (QED) is 0.764. The first-order valence-corrected chi connectivity index (χ1v) is 5.11. The van der Waals surface area contributed by atoms with E-state index in [2.05, 4.69) is 5.32 Å². The van der Waals surface area contributed by atoms with Crippen LogP contribution in [0, 0.1) is 6.92 Å². The topological polar surface area (TPSA) is 47.6 Å². The van der Waals surface area contributed by atoms with Crippen LogP contribution in [0.3, 0.4) is 0 Å². The van der Waals surface area contributed by atoms with Crippen molar-refractivity contribution in [3.8, 4) is 5.75 Å². The van der Waals surface area contributed by atoms with Gasteiger partial charge in [0.2, 0.25) is 0 Å². The highest BCUT2D eigenvalue weighted by atomic mass is 16.5. The minimum atomic E-state index is -0.254. The number of carbonyl (C=O) groups is 1. The van der Waals surface area contributed by atoms with Gasteiger partial charge in [-0.25, -0.2) is 0 Å². The number of carbonyl (C=O) groups excluding carboxylic acids is 1. The molecular weight excluding hydrogens is 206 g/mol. The molecule has 0 amide bonds. The lowest BCUT2D eigenvalue weighted by atomic mass is 10.1. The van der Waals surface area contributed by atoms with Gasteiger partial charge in [-0.2, -0.15) is 0 Å². The Bertz CT molecular complexity index is 363. The minimum absolute atomic E-state index is 0.231. The average Bonchev–Trinajstić information content (AvgIpc) is 2.27. The van der Waals surface area contributed by atoms with Gasteiger partial charge in [0.25, 0.3) is 0 Å². The van der Waals surface area contributed by atoms with Crippen molar-refractivity contribution >= 4 is 5.97 Å². The molecule has 1 aromatic rings. The Hall–Kier alpha value is -1.55. The average molecular weight is 223 g/mol. The van der Waals surface area contributed by atoms with Crippen LogP contribution in [0.25, 0.3) is 0 Å². The van der Waals surface area contributed by atoms with Crippen LogP contribution in [-0.4, -0.2) is 26.7 Å². The Balaban J connectivity index is 2.55. The zero-order valence-corrected chi connectivity index (χ0v) is 9.87. The van der Waals surface area contributed by atoms with Crippen LogP contribution < -0.4 is 10.1 Å². The molecule has 0 atom stereocenters. The number of ether oxygens (including phenoxy) is 2. The standard InChI is InChI=1S/C12H17NO3/c1-9-6-10(4-5-11(9)15-3)8-16-12(14)7-13-2/h4-6,13H,7-8H2,1-3H3. The van der Waals surface area contributed by atoms with Gasteiger partial charge in [0.05, 0.1) is 13.7 Å². The zero-order chi connectivity index (χ0) is 12.0. The van der Waals surface area contributed by atoms with Gasteiger partial charge in [0.15, 0.2) is 0 Å². The van der Waals surface area contributed by atoms with Crippen LogP contribution in [0.15, 0.2) is 18.2 Å². The molecule has 0 aromatic heterocycles. The molecule has 0 fully saturated rings. The maximum atomic E-state index is 11.1.